The van der Waals surface area contributed by atoms with Crippen molar-refractivity contribution in [2.75, 3.05) is 11.9 Å². The quantitative estimate of drug-likeness (QED) is 0.423. The van der Waals surface area contributed by atoms with E-state index in [0.29, 0.717) is 29.3 Å². The Bertz CT molecular complexity index is 1370. The maximum atomic E-state index is 13.6. The number of aliphatic hydroxyl groups excluding tert-OH is 1. The average molecular weight is 532 g/mol. The molecular formula is C31H31F2N3O3. The smallest absolute Gasteiger partial charge is 0.272 e. The molecule has 0 bridgehead atoms. The summed E-state index contributed by atoms with van der Waals surface area (Å²) in [7, 11) is 1.65. The predicted octanol–water partition coefficient (Wildman–Crippen LogP) is 4.63. The average Bonchev–Trinajstić information content (AvgIpc) is 3.76. The molecule has 2 aliphatic rings. The Morgan fingerprint density at radius 1 is 1.05 bits per heavy atom. The number of aliphatic hydroxyl groups is 1. The number of fused-ring (bicyclic) bond motifs is 1. The Labute approximate surface area is 226 Å². The van der Waals surface area contributed by atoms with Gasteiger partial charge < -0.3 is 15.3 Å². The molecule has 39 heavy (non-hydrogen) atoms. The van der Waals surface area contributed by atoms with Crippen molar-refractivity contribution >= 4 is 23.2 Å². The van der Waals surface area contributed by atoms with Crippen molar-refractivity contribution in [3.8, 4) is 0 Å². The number of aliphatic imine (C=N–C) groups is 1. The van der Waals surface area contributed by atoms with Gasteiger partial charge in [0.25, 0.3) is 5.91 Å². The monoisotopic (exact) mass is 531 g/mol. The van der Waals surface area contributed by atoms with Crippen molar-refractivity contribution < 1.29 is 23.5 Å². The lowest BCUT2D eigenvalue weighted by atomic mass is 9.90. The van der Waals surface area contributed by atoms with Crippen molar-refractivity contribution in [1.82, 2.24) is 5.32 Å². The molecule has 3 aromatic rings. The number of nitrogens with zero attached hydrogens (tertiary/aromatic N) is 2. The van der Waals surface area contributed by atoms with Gasteiger partial charge in [0.1, 0.15) is 11.6 Å². The number of anilines is 1. The molecule has 0 aromatic heterocycles. The number of hydrogen-bond acceptors (Lipinski definition) is 4. The molecule has 0 spiro atoms. The first-order chi connectivity index (χ1) is 18.8. The molecule has 1 aliphatic heterocycles. The lowest BCUT2D eigenvalue weighted by Crippen LogP contribution is -2.49. The number of hydrogen-bond donors (Lipinski definition) is 2. The van der Waals surface area contributed by atoms with E-state index >= 15 is 0 Å². The molecule has 1 heterocycles. The number of benzene rings is 3. The molecule has 8 heteroatoms. The van der Waals surface area contributed by atoms with Crippen LogP contribution in [0.15, 0.2) is 77.8 Å². The van der Waals surface area contributed by atoms with Crippen LogP contribution in [0.3, 0.4) is 0 Å². The van der Waals surface area contributed by atoms with Gasteiger partial charge in [-0.1, -0.05) is 61.4 Å². The first-order valence-electron chi connectivity index (χ1n) is 13.2. The molecule has 3 unspecified atom stereocenters. The highest BCUT2D eigenvalue weighted by atomic mass is 19.1. The lowest BCUT2D eigenvalue weighted by Gasteiger charge is -2.25. The molecule has 2 amide bonds. The van der Waals surface area contributed by atoms with E-state index in [2.05, 4.69) is 5.32 Å². The van der Waals surface area contributed by atoms with Gasteiger partial charge in [-0.2, -0.15) is 0 Å². The number of amides is 2. The van der Waals surface area contributed by atoms with Gasteiger partial charge >= 0.3 is 0 Å². The van der Waals surface area contributed by atoms with Crippen LogP contribution < -0.4 is 10.2 Å². The van der Waals surface area contributed by atoms with E-state index < -0.39 is 41.6 Å². The summed E-state index contributed by atoms with van der Waals surface area (Å²) in [5.41, 5.74) is 3.25. The third-order valence-corrected chi connectivity index (χ3v) is 7.41. The number of nitrogens with one attached hydrogen (secondary N) is 1. The zero-order valence-electron chi connectivity index (χ0n) is 21.7. The van der Waals surface area contributed by atoms with Crippen LogP contribution in [0.4, 0.5) is 14.5 Å². The molecule has 1 fully saturated rings. The second kappa shape index (κ2) is 11.5. The lowest BCUT2D eigenvalue weighted by molar-refractivity contribution is -0.133. The van der Waals surface area contributed by atoms with E-state index in [1.807, 2.05) is 54.6 Å². The van der Waals surface area contributed by atoms with E-state index in [1.165, 1.54) is 17.0 Å². The van der Waals surface area contributed by atoms with Gasteiger partial charge in [-0.15, -0.1) is 0 Å². The Balaban J connectivity index is 1.39. The number of para-hydroxylation sites is 1. The Kier molecular flexibility index (Phi) is 7.84. The molecular weight excluding hydrogens is 500 g/mol. The number of carbonyl (C=O) groups is 2. The fourth-order valence-electron chi connectivity index (χ4n) is 5.11. The zero-order valence-corrected chi connectivity index (χ0v) is 21.7. The van der Waals surface area contributed by atoms with Crippen molar-refractivity contribution in [1.29, 1.82) is 0 Å². The predicted molar refractivity (Wildman–Crippen MR) is 145 cm³/mol. The van der Waals surface area contributed by atoms with E-state index in [-0.39, 0.29) is 12.8 Å². The van der Waals surface area contributed by atoms with Crippen LogP contribution in [-0.4, -0.2) is 41.9 Å². The molecule has 2 N–H and O–H groups in total. The summed E-state index contributed by atoms with van der Waals surface area (Å²) in [6, 6.07) is 20.2. The molecule has 3 atom stereocenters. The van der Waals surface area contributed by atoms with Crippen LogP contribution in [0.2, 0.25) is 0 Å². The first kappa shape index (κ1) is 26.7. The molecule has 1 aliphatic carbocycles. The summed E-state index contributed by atoms with van der Waals surface area (Å²) in [5, 5.41) is 13.9. The topological polar surface area (TPSA) is 82.0 Å². The van der Waals surface area contributed by atoms with Crippen LogP contribution in [0, 0.1) is 23.5 Å². The molecule has 202 valence electrons. The molecule has 0 saturated heterocycles. The second-order valence-corrected chi connectivity index (χ2v) is 10.3. The summed E-state index contributed by atoms with van der Waals surface area (Å²) in [6.07, 6.45) is 0.542. The van der Waals surface area contributed by atoms with Crippen LogP contribution >= 0.6 is 0 Å². The van der Waals surface area contributed by atoms with Gasteiger partial charge in [0.05, 0.1) is 23.4 Å². The van der Waals surface area contributed by atoms with Gasteiger partial charge in [-0.05, 0) is 48.9 Å². The number of aryl methyl sites for hydroxylation is 1. The fraction of sp³-hybridized carbons (Fsp3) is 0.323. The summed E-state index contributed by atoms with van der Waals surface area (Å²) >= 11 is 0. The first-order valence-corrected chi connectivity index (χ1v) is 13.2. The van der Waals surface area contributed by atoms with E-state index in [4.69, 9.17) is 4.99 Å². The Hall–Kier alpha value is -3.91. The van der Waals surface area contributed by atoms with Gasteiger partial charge in [-0.3, -0.25) is 9.59 Å². The van der Waals surface area contributed by atoms with Crippen LogP contribution in [0.5, 0.6) is 0 Å². The summed E-state index contributed by atoms with van der Waals surface area (Å²) in [4.78, 5) is 33.3. The van der Waals surface area contributed by atoms with Crippen molar-refractivity contribution in [3.05, 3.63) is 101 Å². The molecule has 0 radical (unpaired) electrons. The second-order valence-electron chi connectivity index (χ2n) is 10.3. The summed E-state index contributed by atoms with van der Waals surface area (Å²) in [6.45, 7) is 0. The minimum Gasteiger partial charge on any atom is -0.392 e. The molecule has 6 nitrogen and oxygen atoms in total. The van der Waals surface area contributed by atoms with Crippen molar-refractivity contribution in [3.63, 3.8) is 0 Å². The van der Waals surface area contributed by atoms with Crippen molar-refractivity contribution in [2.24, 2.45) is 16.8 Å². The van der Waals surface area contributed by atoms with Crippen LogP contribution in [0.25, 0.3) is 0 Å². The minimum atomic E-state index is -1.18. The number of carbonyl (C=O) groups excluding carboxylic acids is 2. The number of halogens is 2. The van der Waals surface area contributed by atoms with Gasteiger partial charge in [0.2, 0.25) is 12.1 Å². The fourth-order valence-corrected chi connectivity index (χ4v) is 5.11. The van der Waals surface area contributed by atoms with Gasteiger partial charge in [0.15, 0.2) is 0 Å². The maximum Gasteiger partial charge on any atom is 0.272 e. The summed E-state index contributed by atoms with van der Waals surface area (Å²) in [5.74, 6) is -2.69. The van der Waals surface area contributed by atoms with E-state index in [9.17, 15) is 23.5 Å². The van der Waals surface area contributed by atoms with Gasteiger partial charge in [-0.25, -0.2) is 13.8 Å². The largest absolute Gasteiger partial charge is 0.392 e. The van der Waals surface area contributed by atoms with E-state index in [0.717, 1.165) is 30.0 Å². The van der Waals surface area contributed by atoms with E-state index in [1.54, 1.807) is 7.05 Å². The van der Waals surface area contributed by atoms with Crippen LogP contribution in [-0.2, 0) is 16.0 Å². The normalized spacial score (nSPS) is 18.6. The van der Waals surface area contributed by atoms with Gasteiger partial charge in [0, 0.05) is 24.2 Å². The number of rotatable bonds is 9. The van der Waals surface area contributed by atoms with Crippen LogP contribution in [0.1, 0.15) is 42.4 Å². The molecule has 3 aromatic carbocycles. The highest BCUT2D eigenvalue weighted by Gasteiger charge is 2.37. The Morgan fingerprint density at radius 3 is 2.41 bits per heavy atom. The number of benzodiazepines with no additional fused rings is 1. The third-order valence-electron chi connectivity index (χ3n) is 7.41. The number of likely N-dealkylation sites (N-methyl/N-ethyl adjacent to an activating group) is 1. The standard InChI is InChI=1S/C31H31F2N3O3/c1-36-26-10-6-5-9-24(26)28(21-7-3-2-4-8-21)34-29(31(36)39)35-30(38)25(17-19-11-12-19)27(37)14-13-20-15-22(32)18-23(33)16-20/h2-10,15-16,18-19,25,27,29,37H,11-14,17H2,1H3,(H,35,38). The summed E-state index contributed by atoms with van der Waals surface area (Å²) < 4.78 is 27.2. The van der Waals surface area contributed by atoms with Crippen molar-refractivity contribution in [2.45, 2.75) is 44.4 Å². The third kappa shape index (κ3) is 6.23. The highest BCUT2D eigenvalue weighted by molar-refractivity contribution is 6.20. The highest BCUT2D eigenvalue weighted by Crippen LogP contribution is 2.37. The Morgan fingerprint density at radius 2 is 1.72 bits per heavy atom. The minimum absolute atomic E-state index is 0.149. The SMILES string of the molecule is CN1C(=O)C(NC(=O)C(CC2CC2)C(O)CCc2cc(F)cc(F)c2)N=C(c2ccccc2)c2ccccc21. The molecule has 1 saturated carbocycles. The molecule has 5 rings (SSSR count). The zero-order chi connectivity index (χ0) is 27.5. The maximum absolute atomic E-state index is 13.6.